The highest BCUT2D eigenvalue weighted by Crippen LogP contribution is 2.59. The van der Waals surface area contributed by atoms with E-state index in [1.807, 2.05) is 54.4 Å². The van der Waals surface area contributed by atoms with Gasteiger partial charge in [-0.1, -0.05) is 30.3 Å². The molecule has 7 heteroatoms. The summed E-state index contributed by atoms with van der Waals surface area (Å²) in [5.74, 6) is 2.10. The molecule has 176 valence electrons. The van der Waals surface area contributed by atoms with E-state index in [4.69, 9.17) is 4.74 Å². The fourth-order valence-electron chi connectivity index (χ4n) is 5.81. The van der Waals surface area contributed by atoms with Crippen molar-refractivity contribution in [3.8, 4) is 5.75 Å². The average Bonchev–Trinajstić information content (AvgIpc) is 3.22. The van der Waals surface area contributed by atoms with E-state index < -0.39 is 6.10 Å². The van der Waals surface area contributed by atoms with Crippen molar-refractivity contribution in [1.29, 1.82) is 0 Å². The topological polar surface area (TPSA) is 76.5 Å². The molecule has 1 saturated carbocycles. The van der Waals surface area contributed by atoms with Gasteiger partial charge in [0.25, 0.3) is 5.91 Å². The lowest BCUT2D eigenvalue weighted by atomic mass is 9.90. The van der Waals surface area contributed by atoms with Gasteiger partial charge in [-0.05, 0) is 48.4 Å². The molecule has 1 N–H and O–H groups in total. The standard InChI is InChI=1S/C27H30N4O3/c1-30-21-8-4-3-7-20(21)29-24(30)10-13-28-25(32)19-17-27(19)11-14-31(15-12-27)26(33)23-16-18-6-2-5-9-22(18)34-23/h2-9,19,23H,10-17H2,1H3,(H,28,32)/t19-,23+/m1/s1. The van der Waals surface area contributed by atoms with Crippen molar-refractivity contribution in [2.75, 3.05) is 19.6 Å². The monoisotopic (exact) mass is 458 g/mol. The number of hydrogen-bond donors (Lipinski definition) is 1. The number of nitrogens with one attached hydrogen (secondary N) is 1. The van der Waals surface area contributed by atoms with Crippen molar-refractivity contribution < 1.29 is 14.3 Å². The van der Waals surface area contributed by atoms with Crippen molar-refractivity contribution in [3.63, 3.8) is 0 Å². The molecule has 1 aliphatic carbocycles. The van der Waals surface area contributed by atoms with E-state index in [0.29, 0.717) is 32.5 Å². The Balaban J connectivity index is 0.983. The Morgan fingerprint density at radius 1 is 1.12 bits per heavy atom. The maximum atomic E-state index is 13.0. The van der Waals surface area contributed by atoms with Crippen LogP contribution in [0, 0.1) is 11.3 Å². The molecule has 2 aliphatic heterocycles. The van der Waals surface area contributed by atoms with Crippen LogP contribution >= 0.6 is 0 Å². The number of likely N-dealkylation sites (tertiary alicyclic amines) is 1. The highest BCUT2D eigenvalue weighted by Gasteiger charge is 2.58. The summed E-state index contributed by atoms with van der Waals surface area (Å²) >= 11 is 0. The minimum Gasteiger partial charge on any atom is -0.480 e. The Kier molecular flexibility index (Phi) is 5.08. The zero-order valence-electron chi connectivity index (χ0n) is 19.5. The van der Waals surface area contributed by atoms with E-state index in [2.05, 4.69) is 20.9 Å². The van der Waals surface area contributed by atoms with Crippen LogP contribution in [0.4, 0.5) is 0 Å². The highest BCUT2D eigenvalue weighted by atomic mass is 16.5. The molecule has 3 aromatic rings. The summed E-state index contributed by atoms with van der Waals surface area (Å²) in [7, 11) is 2.02. The first-order chi connectivity index (χ1) is 16.5. The summed E-state index contributed by atoms with van der Waals surface area (Å²) in [5, 5.41) is 3.13. The van der Waals surface area contributed by atoms with Crippen LogP contribution < -0.4 is 10.1 Å². The van der Waals surface area contributed by atoms with E-state index in [9.17, 15) is 9.59 Å². The van der Waals surface area contributed by atoms with Gasteiger partial charge in [0.1, 0.15) is 11.6 Å². The number of rotatable bonds is 5. The molecule has 3 heterocycles. The number of hydrogen-bond acceptors (Lipinski definition) is 4. The van der Waals surface area contributed by atoms with Crippen LogP contribution in [0.3, 0.4) is 0 Å². The van der Waals surface area contributed by atoms with Gasteiger partial charge >= 0.3 is 0 Å². The highest BCUT2D eigenvalue weighted by molar-refractivity contribution is 5.84. The van der Waals surface area contributed by atoms with E-state index >= 15 is 0 Å². The van der Waals surface area contributed by atoms with Crippen LogP contribution in [0.25, 0.3) is 11.0 Å². The van der Waals surface area contributed by atoms with Crippen LogP contribution in [0.15, 0.2) is 48.5 Å². The Hall–Kier alpha value is -3.35. The third-order valence-corrected chi connectivity index (χ3v) is 8.03. The first-order valence-electron chi connectivity index (χ1n) is 12.3. The fourth-order valence-corrected chi connectivity index (χ4v) is 5.81. The molecular weight excluding hydrogens is 428 g/mol. The molecule has 2 amide bonds. The fraction of sp³-hybridized carbons (Fsp3) is 0.444. The van der Waals surface area contributed by atoms with Gasteiger partial charge in [0, 0.05) is 45.4 Å². The number of para-hydroxylation sites is 3. The first-order valence-corrected chi connectivity index (χ1v) is 12.3. The smallest absolute Gasteiger partial charge is 0.263 e. The van der Waals surface area contributed by atoms with E-state index in [-0.39, 0.29) is 23.1 Å². The number of carbonyl (C=O) groups excluding carboxylic acids is 2. The molecule has 1 aromatic heterocycles. The second-order valence-electron chi connectivity index (χ2n) is 9.98. The number of aryl methyl sites for hydroxylation is 1. The average molecular weight is 459 g/mol. The van der Waals surface area contributed by atoms with E-state index in [1.165, 1.54) is 0 Å². The lowest BCUT2D eigenvalue weighted by molar-refractivity contribution is -0.139. The SMILES string of the molecule is Cn1c(CCNC(=O)[C@H]2CC23CCN(C(=O)[C@@H]2Cc4ccccc4O2)CC3)nc2ccccc21. The lowest BCUT2D eigenvalue weighted by Crippen LogP contribution is -2.46. The minimum absolute atomic E-state index is 0.0668. The number of amides is 2. The molecule has 0 bridgehead atoms. The number of ether oxygens (including phenoxy) is 1. The lowest BCUT2D eigenvalue weighted by Gasteiger charge is -2.34. The molecule has 7 nitrogen and oxygen atoms in total. The van der Waals surface area contributed by atoms with Crippen LogP contribution in [-0.4, -0.2) is 52.0 Å². The number of benzene rings is 2. The quantitative estimate of drug-likeness (QED) is 0.638. The summed E-state index contributed by atoms with van der Waals surface area (Å²) in [5.41, 5.74) is 3.27. The van der Waals surface area contributed by atoms with E-state index in [1.54, 1.807) is 0 Å². The third kappa shape index (κ3) is 3.63. The molecule has 34 heavy (non-hydrogen) atoms. The maximum Gasteiger partial charge on any atom is 0.263 e. The summed E-state index contributed by atoms with van der Waals surface area (Å²) < 4.78 is 7.99. The van der Waals surface area contributed by atoms with Gasteiger partial charge in [-0.25, -0.2) is 4.98 Å². The molecule has 1 saturated heterocycles. The largest absolute Gasteiger partial charge is 0.480 e. The van der Waals surface area contributed by atoms with Crippen molar-refractivity contribution in [3.05, 3.63) is 59.9 Å². The molecule has 0 unspecified atom stereocenters. The number of carbonyl (C=O) groups is 2. The van der Waals surface area contributed by atoms with Gasteiger partial charge in [-0.3, -0.25) is 9.59 Å². The van der Waals surface area contributed by atoms with Gasteiger partial charge in [-0.2, -0.15) is 0 Å². The Morgan fingerprint density at radius 3 is 2.68 bits per heavy atom. The minimum atomic E-state index is -0.410. The molecule has 0 radical (unpaired) electrons. The van der Waals surface area contributed by atoms with Gasteiger partial charge < -0.3 is 19.5 Å². The predicted octanol–water partition coefficient (Wildman–Crippen LogP) is 2.86. The number of fused-ring (bicyclic) bond motifs is 2. The van der Waals surface area contributed by atoms with Crippen molar-refractivity contribution in [2.24, 2.45) is 18.4 Å². The van der Waals surface area contributed by atoms with Gasteiger partial charge in [-0.15, -0.1) is 0 Å². The number of aromatic nitrogens is 2. The number of imidazole rings is 1. The van der Waals surface area contributed by atoms with Crippen LogP contribution in [0.2, 0.25) is 0 Å². The van der Waals surface area contributed by atoms with Crippen molar-refractivity contribution in [1.82, 2.24) is 19.8 Å². The molecule has 2 aromatic carbocycles. The second kappa shape index (κ2) is 8.15. The predicted molar refractivity (Wildman–Crippen MR) is 128 cm³/mol. The van der Waals surface area contributed by atoms with Gasteiger partial charge in [0.05, 0.1) is 11.0 Å². The molecule has 2 fully saturated rings. The molecule has 3 aliphatic rings. The first kappa shape index (κ1) is 21.2. The Bertz CT molecular complexity index is 1230. The van der Waals surface area contributed by atoms with Gasteiger partial charge in [0.2, 0.25) is 5.91 Å². The summed E-state index contributed by atoms with van der Waals surface area (Å²) in [6.07, 6.45) is 3.66. The molecule has 2 atom stereocenters. The molecule has 1 spiro atoms. The van der Waals surface area contributed by atoms with Crippen LogP contribution in [0.1, 0.15) is 30.7 Å². The van der Waals surface area contributed by atoms with Crippen LogP contribution in [0.5, 0.6) is 5.75 Å². The third-order valence-electron chi connectivity index (χ3n) is 8.03. The van der Waals surface area contributed by atoms with Gasteiger partial charge in [0.15, 0.2) is 6.10 Å². The summed E-state index contributed by atoms with van der Waals surface area (Å²) in [4.78, 5) is 32.5. The number of nitrogens with zero attached hydrogens (tertiary/aromatic N) is 3. The number of piperidine rings is 1. The van der Waals surface area contributed by atoms with E-state index in [0.717, 1.165) is 47.4 Å². The van der Waals surface area contributed by atoms with Crippen molar-refractivity contribution in [2.45, 2.75) is 38.2 Å². The maximum absolute atomic E-state index is 13.0. The zero-order valence-corrected chi connectivity index (χ0v) is 19.5. The summed E-state index contributed by atoms with van der Waals surface area (Å²) in [6.45, 7) is 2.00. The molecular formula is C27H30N4O3. The Morgan fingerprint density at radius 2 is 1.88 bits per heavy atom. The second-order valence-corrected chi connectivity index (χ2v) is 9.98. The van der Waals surface area contributed by atoms with Crippen molar-refractivity contribution >= 4 is 22.8 Å². The Labute approximate surface area is 199 Å². The summed E-state index contributed by atoms with van der Waals surface area (Å²) in [6, 6.07) is 16.0. The zero-order chi connectivity index (χ0) is 23.3. The molecule has 6 rings (SSSR count). The van der Waals surface area contributed by atoms with Crippen LogP contribution in [-0.2, 0) is 29.5 Å². The normalized spacial score (nSPS) is 22.4.